The molecule has 4 fully saturated rings. The Kier molecular flexibility index (Phi) is 14.2. The second-order valence-corrected chi connectivity index (χ2v) is 12.6. The molecule has 0 saturated carbocycles. The molecule has 0 aromatic heterocycles. The Labute approximate surface area is 285 Å². The molecule has 0 aliphatic carbocycles. The number of rotatable bonds is 11. The second-order valence-electron chi connectivity index (χ2n) is 12.6. The van der Waals surface area contributed by atoms with Gasteiger partial charge in [0.25, 0.3) is 0 Å². The highest BCUT2D eigenvalue weighted by molar-refractivity contribution is 5.73. The van der Waals surface area contributed by atoms with Gasteiger partial charge in [0.05, 0.1) is 25.9 Å². The van der Waals surface area contributed by atoms with Crippen LogP contribution in [0, 0.1) is 0 Å². The maximum Gasteiger partial charge on any atom is 0.217 e. The molecule has 4 saturated heterocycles. The topological polar surface area (TPSA) is 345 Å². The molecule has 2 amide bonds. The highest BCUT2D eigenvalue weighted by atomic mass is 16.8. The molecule has 0 unspecified atom stereocenters. The van der Waals surface area contributed by atoms with Crippen LogP contribution in [0.25, 0.3) is 0 Å². The number of amides is 2. The Morgan fingerprint density at radius 3 is 1.64 bits per heavy atom. The van der Waals surface area contributed by atoms with Crippen LogP contribution < -0.4 is 10.6 Å². The fourth-order valence-corrected chi connectivity index (χ4v) is 6.19. The van der Waals surface area contributed by atoms with E-state index in [4.69, 9.17) is 33.2 Å². The first-order chi connectivity index (χ1) is 23.5. The quantitative estimate of drug-likeness (QED) is 0.0938. The minimum absolute atomic E-state index is 0.629. The van der Waals surface area contributed by atoms with E-state index in [9.17, 15) is 65.8 Å². The molecule has 4 heterocycles. The normalized spacial score (nSPS) is 48.5. The van der Waals surface area contributed by atoms with Crippen molar-refractivity contribution in [1.82, 2.24) is 10.6 Å². The van der Waals surface area contributed by atoms with Gasteiger partial charge in [-0.1, -0.05) is 0 Å². The second kappa shape index (κ2) is 17.4. The highest BCUT2D eigenvalue weighted by Gasteiger charge is 2.55. The average molecular weight is 733 g/mol. The molecule has 4 aliphatic heterocycles. The van der Waals surface area contributed by atoms with E-state index in [1.807, 2.05) is 0 Å². The maximum atomic E-state index is 12.5. The Bertz CT molecular complexity index is 1120. The molecule has 0 aromatic carbocycles. The summed E-state index contributed by atoms with van der Waals surface area (Å²) in [6.07, 6.45) is -30.1. The van der Waals surface area contributed by atoms with Gasteiger partial charge in [0, 0.05) is 13.8 Å². The molecule has 22 nitrogen and oxygen atoms in total. The van der Waals surface area contributed by atoms with Gasteiger partial charge in [0.1, 0.15) is 91.4 Å². The zero-order valence-electron chi connectivity index (χ0n) is 27.3. The summed E-state index contributed by atoms with van der Waals surface area (Å²) < 4.78 is 40.1. The number of ether oxygens (including phenoxy) is 7. The van der Waals surface area contributed by atoms with Gasteiger partial charge in [-0.2, -0.15) is 0 Å². The molecule has 50 heavy (non-hydrogen) atoms. The molecular weight excluding hydrogens is 684 g/mol. The van der Waals surface area contributed by atoms with Crippen LogP contribution in [0.15, 0.2) is 0 Å². The van der Waals surface area contributed by atoms with Gasteiger partial charge in [0.2, 0.25) is 11.8 Å². The SMILES string of the molecule is CC(=O)N[C@@H]1[C@@H](O)[C@@H](O)[C@@H](CO[C@@H]2O[C@H](CO)[C@@H](O[C@@H]3O[C@@H](C)[C@@H](O)[C@@H](O)[C@@H]3O)[C@H](O[C@@H]3O[C@H](CO)[C@H](O)[C@H](O)[C@H]3O)[C@H]2NC(C)=O)O[C@@H]1O. The van der Waals surface area contributed by atoms with Crippen LogP contribution in [0.3, 0.4) is 0 Å². The smallest absolute Gasteiger partial charge is 0.217 e. The van der Waals surface area contributed by atoms with Crippen molar-refractivity contribution in [2.24, 2.45) is 0 Å². The lowest BCUT2D eigenvalue weighted by Gasteiger charge is -2.50. The molecule has 4 aliphatic rings. The van der Waals surface area contributed by atoms with Crippen LogP contribution in [0.4, 0.5) is 0 Å². The zero-order chi connectivity index (χ0) is 37.2. The van der Waals surface area contributed by atoms with Crippen molar-refractivity contribution in [2.45, 2.75) is 143 Å². The monoisotopic (exact) mass is 732 g/mol. The van der Waals surface area contributed by atoms with E-state index in [1.165, 1.54) is 6.92 Å². The Morgan fingerprint density at radius 2 is 1.06 bits per heavy atom. The van der Waals surface area contributed by atoms with Gasteiger partial charge in [-0.15, -0.1) is 0 Å². The number of hydrogen-bond acceptors (Lipinski definition) is 20. The van der Waals surface area contributed by atoms with Crippen LogP contribution in [0.1, 0.15) is 20.8 Å². The maximum absolute atomic E-state index is 12.5. The largest absolute Gasteiger partial charge is 0.394 e. The van der Waals surface area contributed by atoms with Crippen LogP contribution in [0.5, 0.6) is 0 Å². The molecule has 0 aromatic rings. The summed E-state index contributed by atoms with van der Waals surface area (Å²) in [5.74, 6) is -1.36. The third-order valence-electron chi connectivity index (χ3n) is 8.95. The lowest BCUT2D eigenvalue weighted by Crippen LogP contribution is -2.70. The first-order valence-electron chi connectivity index (χ1n) is 15.9. The Hall–Kier alpha value is -1.78. The average Bonchev–Trinajstić information content (AvgIpc) is 3.06. The molecule has 0 radical (unpaired) electrons. The number of carbonyl (C=O) groups excluding carboxylic acids is 2. The van der Waals surface area contributed by atoms with Crippen molar-refractivity contribution < 1.29 is 98.9 Å². The summed E-state index contributed by atoms with van der Waals surface area (Å²) in [4.78, 5) is 24.0. The van der Waals surface area contributed by atoms with Gasteiger partial charge in [0.15, 0.2) is 25.2 Å². The third-order valence-corrected chi connectivity index (χ3v) is 8.95. The summed E-state index contributed by atoms with van der Waals surface area (Å²) in [6.45, 7) is 1.21. The Balaban J connectivity index is 1.65. The van der Waals surface area contributed by atoms with Gasteiger partial charge in [-0.25, -0.2) is 0 Å². The number of carbonyl (C=O) groups is 2. The van der Waals surface area contributed by atoms with Gasteiger partial charge >= 0.3 is 0 Å². The highest BCUT2D eigenvalue weighted by Crippen LogP contribution is 2.34. The molecule has 13 N–H and O–H groups in total. The third kappa shape index (κ3) is 8.87. The zero-order valence-corrected chi connectivity index (χ0v) is 27.3. The number of aliphatic hydroxyl groups is 11. The van der Waals surface area contributed by atoms with Crippen molar-refractivity contribution in [3.63, 3.8) is 0 Å². The standard InChI is InChI=1S/C28H48N2O20/c1-7-15(35)19(39)21(41)27(45-7)49-23-11(5-32)48-26(44-6-12-17(37)18(38)13(25(43)46-12)29-8(2)33)14(30-9(3)34)24(23)50-28-22(42)20(40)16(36)10(4-31)47-28/h7,10-28,31-32,35-43H,4-6H2,1-3H3,(H,29,33)(H,30,34)/t7-,10+,11+,12+,13+,14+,15+,16-,17-,18+,19+,20-,21-,22+,23+,24+,25-,26+,27-,28-/m0/s1. The summed E-state index contributed by atoms with van der Waals surface area (Å²) in [5.41, 5.74) is 0. The van der Waals surface area contributed by atoms with Gasteiger partial charge in [-0.05, 0) is 6.92 Å². The van der Waals surface area contributed by atoms with Gasteiger partial charge in [-0.3, -0.25) is 9.59 Å². The van der Waals surface area contributed by atoms with E-state index in [0.717, 1.165) is 13.8 Å². The molecule has 0 spiro atoms. The first kappa shape index (κ1) is 41.0. The van der Waals surface area contributed by atoms with Crippen molar-refractivity contribution in [3.05, 3.63) is 0 Å². The van der Waals surface area contributed by atoms with E-state index < -0.39 is 154 Å². The summed E-state index contributed by atoms with van der Waals surface area (Å²) in [7, 11) is 0. The fourth-order valence-electron chi connectivity index (χ4n) is 6.19. The molecule has 20 atom stereocenters. The van der Waals surface area contributed by atoms with Crippen molar-refractivity contribution >= 4 is 11.8 Å². The molecule has 0 bridgehead atoms. The van der Waals surface area contributed by atoms with Crippen LogP contribution >= 0.6 is 0 Å². The molecular formula is C28H48N2O20. The Morgan fingerprint density at radius 1 is 0.560 bits per heavy atom. The van der Waals surface area contributed by atoms with E-state index in [-0.39, 0.29) is 0 Å². The summed E-state index contributed by atoms with van der Waals surface area (Å²) in [6, 6.07) is -2.92. The minimum Gasteiger partial charge on any atom is -0.394 e. The van der Waals surface area contributed by atoms with E-state index in [1.54, 1.807) is 0 Å². The number of aliphatic hydroxyl groups excluding tert-OH is 11. The van der Waals surface area contributed by atoms with E-state index in [2.05, 4.69) is 10.6 Å². The predicted octanol–water partition coefficient (Wildman–Crippen LogP) is -8.43. The van der Waals surface area contributed by atoms with E-state index >= 15 is 0 Å². The lowest BCUT2D eigenvalue weighted by atomic mass is 9.94. The summed E-state index contributed by atoms with van der Waals surface area (Å²) >= 11 is 0. The van der Waals surface area contributed by atoms with E-state index in [0.29, 0.717) is 0 Å². The van der Waals surface area contributed by atoms with Crippen molar-refractivity contribution in [2.75, 3.05) is 19.8 Å². The number of hydrogen-bond donors (Lipinski definition) is 13. The fraction of sp³-hybridized carbons (Fsp3) is 0.929. The molecule has 290 valence electrons. The van der Waals surface area contributed by atoms with Crippen molar-refractivity contribution in [1.29, 1.82) is 0 Å². The molecule has 4 rings (SSSR count). The van der Waals surface area contributed by atoms with Crippen molar-refractivity contribution in [3.8, 4) is 0 Å². The first-order valence-corrected chi connectivity index (χ1v) is 15.9. The summed E-state index contributed by atoms with van der Waals surface area (Å²) in [5, 5.41) is 119. The number of nitrogens with one attached hydrogen (secondary N) is 2. The minimum atomic E-state index is -1.97. The lowest BCUT2D eigenvalue weighted by molar-refractivity contribution is -0.375. The van der Waals surface area contributed by atoms with Crippen LogP contribution in [0.2, 0.25) is 0 Å². The predicted molar refractivity (Wildman–Crippen MR) is 156 cm³/mol. The van der Waals surface area contributed by atoms with Crippen LogP contribution in [-0.2, 0) is 42.7 Å². The molecule has 22 heteroatoms. The van der Waals surface area contributed by atoms with Gasteiger partial charge < -0.3 is 100.0 Å². The van der Waals surface area contributed by atoms with Crippen LogP contribution in [-0.4, -0.2) is 211 Å².